The summed E-state index contributed by atoms with van der Waals surface area (Å²) in [5.74, 6) is -2.26. The zero-order valence-electron chi connectivity index (χ0n) is 9.83. The molecular weight excluding hydrogens is 242 g/mol. The molecule has 1 aromatic rings. The molecule has 18 heavy (non-hydrogen) atoms. The second-order valence-electron chi connectivity index (χ2n) is 4.44. The third-order valence-corrected chi connectivity index (χ3v) is 3.33. The van der Waals surface area contributed by atoms with Crippen LogP contribution in [-0.2, 0) is 20.7 Å². The molecule has 1 unspecified atom stereocenters. The molecule has 1 fully saturated rings. The quantitative estimate of drug-likeness (QED) is 0.612. The Balaban J connectivity index is 2.38. The van der Waals surface area contributed by atoms with Crippen molar-refractivity contribution < 1.29 is 23.1 Å². The van der Waals surface area contributed by atoms with Crippen molar-refractivity contribution >= 4 is 11.8 Å². The number of carbonyl (C=O) groups excluding carboxylic acids is 2. The first-order chi connectivity index (χ1) is 8.45. The second kappa shape index (κ2) is 4.48. The summed E-state index contributed by atoms with van der Waals surface area (Å²) in [5, 5.41) is 0. The van der Waals surface area contributed by atoms with Gasteiger partial charge in [0.2, 0.25) is 0 Å². The van der Waals surface area contributed by atoms with Crippen LogP contribution in [0.25, 0.3) is 0 Å². The van der Waals surface area contributed by atoms with E-state index < -0.39 is 23.0 Å². The smallest absolute Gasteiger partial charge is 0.320 e. The van der Waals surface area contributed by atoms with Crippen LogP contribution in [0.3, 0.4) is 0 Å². The number of hydrogen-bond donors (Lipinski definition) is 0. The number of ether oxygens (including phenoxy) is 1. The monoisotopic (exact) mass is 254 g/mol. The van der Waals surface area contributed by atoms with Crippen LogP contribution >= 0.6 is 0 Å². The first kappa shape index (κ1) is 12.7. The highest BCUT2D eigenvalue weighted by atomic mass is 19.1. The number of rotatable bonds is 3. The highest BCUT2D eigenvalue weighted by Gasteiger charge is 2.49. The van der Waals surface area contributed by atoms with Crippen molar-refractivity contribution in [3.63, 3.8) is 0 Å². The summed E-state index contributed by atoms with van der Waals surface area (Å²) < 4.78 is 31.4. The van der Waals surface area contributed by atoms with Gasteiger partial charge >= 0.3 is 5.97 Å². The van der Waals surface area contributed by atoms with E-state index >= 15 is 0 Å². The van der Waals surface area contributed by atoms with Gasteiger partial charge in [0.05, 0.1) is 6.61 Å². The van der Waals surface area contributed by atoms with E-state index in [1.165, 1.54) is 6.92 Å². The molecule has 0 radical (unpaired) electrons. The molecule has 1 saturated heterocycles. The van der Waals surface area contributed by atoms with E-state index in [1.807, 2.05) is 0 Å². The van der Waals surface area contributed by atoms with E-state index in [4.69, 9.17) is 4.74 Å². The molecule has 1 aliphatic rings. The molecule has 0 bridgehead atoms. The van der Waals surface area contributed by atoms with Crippen LogP contribution in [0.4, 0.5) is 8.78 Å². The normalized spacial score (nSPS) is 22.9. The molecule has 0 saturated carbocycles. The van der Waals surface area contributed by atoms with Gasteiger partial charge < -0.3 is 4.74 Å². The second-order valence-corrected chi connectivity index (χ2v) is 4.44. The van der Waals surface area contributed by atoms with Crippen LogP contribution in [0.1, 0.15) is 18.9 Å². The van der Waals surface area contributed by atoms with Gasteiger partial charge in [0.15, 0.2) is 0 Å². The van der Waals surface area contributed by atoms with Gasteiger partial charge in [-0.1, -0.05) is 0 Å². The van der Waals surface area contributed by atoms with Gasteiger partial charge in [-0.2, -0.15) is 0 Å². The number of ketones is 1. The zero-order chi connectivity index (χ0) is 13.3. The summed E-state index contributed by atoms with van der Waals surface area (Å²) in [4.78, 5) is 23.3. The zero-order valence-corrected chi connectivity index (χ0v) is 9.83. The molecule has 1 aliphatic heterocycles. The Morgan fingerprint density at radius 2 is 2.17 bits per heavy atom. The lowest BCUT2D eigenvalue weighted by Crippen LogP contribution is -2.36. The maximum Gasteiger partial charge on any atom is 0.320 e. The number of halogens is 2. The number of benzene rings is 1. The summed E-state index contributed by atoms with van der Waals surface area (Å²) >= 11 is 0. The SMILES string of the molecule is CC(=O)C1(Cc2cc(F)ccc2F)CCOC1=O. The Labute approximate surface area is 103 Å². The number of cyclic esters (lactones) is 1. The lowest BCUT2D eigenvalue weighted by molar-refractivity contribution is -0.150. The Hall–Kier alpha value is -1.78. The van der Waals surface area contributed by atoms with Crippen molar-refractivity contribution in [2.45, 2.75) is 19.8 Å². The number of esters is 1. The molecule has 1 atom stereocenters. The Morgan fingerprint density at radius 1 is 1.44 bits per heavy atom. The van der Waals surface area contributed by atoms with Crippen LogP contribution in [0.15, 0.2) is 18.2 Å². The molecule has 0 amide bonds. The Kier molecular flexibility index (Phi) is 3.15. The molecule has 2 rings (SSSR count). The van der Waals surface area contributed by atoms with Gasteiger partial charge in [0, 0.05) is 6.42 Å². The number of Topliss-reactive ketones (excluding diaryl/α,β-unsaturated/α-hetero) is 1. The van der Waals surface area contributed by atoms with Crippen molar-refractivity contribution in [1.82, 2.24) is 0 Å². The van der Waals surface area contributed by atoms with E-state index in [2.05, 4.69) is 0 Å². The van der Waals surface area contributed by atoms with E-state index in [0.717, 1.165) is 18.2 Å². The Bertz CT molecular complexity index is 513. The molecule has 5 heteroatoms. The van der Waals surface area contributed by atoms with Crippen LogP contribution in [0.2, 0.25) is 0 Å². The third-order valence-electron chi connectivity index (χ3n) is 3.33. The van der Waals surface area contributed by atoms with E-state index in [9.17, 15) is 18.4 Å². The highest BCUT2D eigenvalue weighted by molar-refractivity contribution is 6.04. The Morgan fingerprint density at radius 3 is 2.72 bits per heavy atom. The maximum atomic E-state index is 13.6. The van der Waals surface area contributed by atoms with Gasteiger partial charge in [0.1, 0.15) is 22.8 Å². The van der Waals surface area contributed by atoms with Crippen molar-refractivity contribution in [3.8, 4) is 0 Å². The lowest BCUT2D eigenvalue weighted by Gasteiger charge is -2.21. The topological polar surface area (TPSA) is 43.4 Å². The van der Waals surface area contributed by atoms with Gasteiger partial charge in [-0.15, -0.1) is 0 Å². The van der Waals surface area contributed by atoms with Gasteiger partial charge in [-0.05, 0) is 37.1 Å². The predicted molar refractivity (Wildman–Crippen MR) is 58.8 cm³/mol. The molecule has 0 aliphatic carbocycles. The largest absolute Gasteiger partial charge is 0.465 e. The minimum atomic E-state index is -1.37. The van der Waals surface area contributed by atoms with Gasteiger partial charge in [-0.25, -0.2) is 8.78 Å². The van der Waals surface area contributed by atoms with Crippen LogP contribution in [-0.4, -0.2) is 18.4 Å². The number of carbonyl (C=O) groups is 2. The summed E-state index contributed by atoms with van der Waals surface area (Å²) in [6, 6.07) is 2.98. The third kappa shape index (κ3) is 2.00. The summed E-state index contributed by atoms with van der Waals surface area (Å²) in [6.45, 7) is 1.40. The molecule has 1 heterocycles. The summed E-state index contributed by atoms with van der Waals surface area (Å²) in [5.41, 5.74) is -1.35. The standard InChI is InChI=1S/C13H12F2O3/c1-8(16)13(4-5-18-12(13)17)7-9-6-10(14)2-3-11(9)15/h2-3,6H,4-5,7H2,1H3. The molecule has 0 N–H and O–H groups in total. The molecule has 96 valence electrons. The van der Waals surface area contributed by atoms with Gasteiger partial charge in [-0.3, -0.25) is 9.59 Å². The average molecular weight is 254 g/mol. The van der Waals surface area contributed by atoms with Crippen molar-refractivity contribution in [3.05, 3.63) is 35.4 Å². The number of hydrogen-bond acceptors (Lipinski definition) is 3. The van der Waals surface area contributed by atoms with Crippen molar-refractivity contribution in [2.24, 2.45) is 5.41 Å². The molecule has 3 nitrogen and oxygen atoms in total. The van der Waals surface area contributed by atoms with Crippen molar-refractivity contribution in [2.75, 3.05) is 6.61 Å². The first-order valence-electron chi connectivity index (χ1n) is 5.58. The highest BCUT2D eigenvalue weighted by Crippen LogP contribution is 2.35. The van der Waals surface area contributed by atoms with E-state index in [1.54, 1.807) is 0 Å². The van der Waals surface area contributed by atoms with Crippen molar-refractivity contribution in [1.29, 1.82) is 0 Å². The summed E-state index contributed by atoms with van der Waals surface area (Å²) in [6.07, 6.45) is 0.0435. The van der Waals surface area contributed by atoms with Crippen LogP contribution < -0.4 is 0 Å². The van der Waals surface area contributed by atoms with E-state index in [-0.39, 0.29) is 30.8 Å². The van der Waals surface area contributed by atoms with Gasteiger partial charge in [0.25, 0.3) is 0 Å². The molecule has 0 aromatic heterocycles. The first-order valence-corrected chi connectivity index (χ1v) is 5.58. The van der Waals surface area contributed by atoms with E-state index in [0.29, 0.717) is 0 Å². The fourth-order valence-electron chi connectivity index (χ4n) is 2.17. The fourth-order valence-corrected chi connectivity index (χ4v) is 2.17. The average Bonchev–Trinajstić information content (AvgIpc) is 2.67. The fraction of sp³-hybridized carbons (Fsp3) is 0.385. The summed E-state index contributed by atoms with van der Waals surface area (Å²) in [7, 11) is 0. The molecule has 0 spiro atoms. The predicted octanol–water partition coefficient (Wildman–Crippen LogP) is 2.03. The lowest BCUT2D eigenvalue weighted by atomic mass is 9.77. The van der Waals surface area contributed by atoms with Crippen LogP contribution in [0, 0.1) is 17.0 Å². The molecule has 1 aromatic carbocycles. The maximum absolute atomic E-state index is 13.6. The molecular formula is C13H12F2O3. The minimum absolute atomic E-state index is 0.0176. The minimum Gasteiger partial charge on any atom is -0.465 e. The van der Waals surface area contributed by atoms with Crippen LogP contribution in [0.5, 0.6) is 0 Å².